The van der Waals surface area contributed by atoms with Crippen molar-refractivity contribution in [2.75, 3.05) is 20.6 Å². The van der Waals surface area contributed by atoms with E-state index in [0.29, 0.717) is 6.17 Å². The third kappa shape index (κ3) is 13.8. The molecule has 0 aromatic heterocycles. The number of nitrogens with two attached hydrogens (primary N) is 1. The van der Waals surface area contributed by atoms with E-state index >= 15 is 0 Å². The first-order chi connectivity index (χ1) is 10.0. The van der Waals surface area contributed by atoms with Crippen LogP contribution < -0.4 is 18.1 Å². The van der Waals surface area contributed by atoms with Crippen molar-refractivity contribution in [3.63, 3.8) is 0 Å². The van der Waals surface area contributed by atoms with Crippen LogP contribution >= 0.6 is 0 Å². The van der Waals surface area contributed by atoms with E-state index in [-0.39, 0.29) is 12.4 Å². The number of unbranched alkanes of at least 4 members (excludes halogenated alkanes) is 11. The van der Waals surface area contributed by atoms with Crippen molar-refractivity contribution < 1.29 is 16.9 Å². The Labute approximate surface area is 147 Å². The first-order valence-corrected chi connectivity index (χ1v) is 9.62. The van der Waals surface area contributed by atoms with Crippen molar-refractivity contribution in [1.29, 1.82) is 0 Å². The van der Waals surface area contributed by atoms with Crippen LogP contribution in [-0.2, 0) is 0 Å². The summed E-state index contributed by atoms with van der Waals surface area (Å²) in [6, 6.07) is 0. The van der Waals surface area contributed by atoms with E-state index in [1.807, 2.05) is 0 Å². The monoisotopic (exact) mass is 334 g/mol. The van der Waals surface area contributed by atoms with Gasteiger partial charge in [0.1, 0.15) is 6.17 Å². The summed E-state index contributed by atoms with van der Waals surface area (Å²) in [7, 11) is 4.54. The van der Waals surface area contributed by atoms with Gasteiger partial charge in [-0.1, -0.05) is 78.1 Å². The van der Waals surface area contributed by atoms with Crippen LogP contribution in [0.2, 0.25) is 0 Å². The normalized spacial score (nSPS) is 13.0. The van der Waals surface area contributed by atoms with E-state index in [2.05, 4.69) is 27.9 Å². The summed E-state index contributed by atoms with van der Waals surface area (Å²) in [6.45, 7) is 5.70. The van der Waals surface area contributed by atoms with Gasteiger partial charge in [0.15, 0.2) is 0 Å². The first kappa shape index (κ1) is 24.5. The fraction of sp³-hybridized carbons (Fsp3) is 1.00. The van der Waals surface area contributed by atoms with Crippen molar-refractivity contribution in [2.24, 2.45) is 5.73 Å². The number of halogens is 1. The summed E-state index contributed by atoms with van der Waals surface area (Å²) < 4.78 is 0.980. The van der Waals surface area contributed by atoms with Gasteiger partial charge in [-0.25, -0.2) is 0 Å². The molecule has 0 spiro atoms. The summed E-state index contributed by atoms with van der Waals surface area (Å²) >= 11 is 0. The quantitative estimate of drug-likeness (QED) is 0.278. The Balaban J connectivity index is 0. The lowest BCUT2D eigenvalue weighted by Crippen LogP contribution is -3.00. The molecule has 0 aliphatic heterocycles. The minimum absolute atomic E-state index is 0. The van der Waals surface area contributed by atoms with E-state index < -0.39 is 0 Å². The van der Waals surface area contributed by atoms with E-state index in [1.54, 1.807) is 0 Å². The summed E-state index contributed by atoms with van der Waals surface area (Å²) in [4.78, 5) is 0. The Bertz CT molecular complexity index is 219. The highest BCUT2D eigenvalue weighted by Gasteiger charge is 2.21. The highest BCUT2D eigenvalue weighted by molar-refractivity contribution is 4.50. The zero-order valence-electron chi connectivity index (χ0n) is 15.9. The molecule has 1 unspecified atom stereocenters. The average molecular weight is 335 g/mol. The van der Waals surface area contributed by atoms with Crippen molar-refractivity contribution >= 4 is 0 Å². The third-order valence-corrected chi connectivity index (χ3v) is 4.90. The van der Waals surface area contributed by atoms with Crippen LogP contribution in [0.1, 0.15) is 97.3 Å². The van der Waals surface area contributed by atoms with Gasteiger partial charge < -0.3 is 16.9 Å². The van der Waals surface area contributed by atoms with Crippen LogP contribution in [0.5, 0.6) is 0 Å². The van der Waals surface area contributed by atoms with Gasteiger partial charge in [-0.3, -0.25) is 5.73 Å². The van der Waals surface area contributed by atoms with E-state index in [4.69, 9.17) is 5.73 Å². The van der Waals surface area contributed by atoms with E-state index in [0.717, 1.165) is 10.9 Å². The van der Waals surface area contributed by atoms with Gasteiger partial charge in [0.2, 0.25) is 0 Å². The molecule has 0 saturated heterocycles. The standard InChI is InChI=1S/C19H43N2.ClH/c1-5-7-8-9-10-11-12-13-14-15-16-17-18-21(3,4)19(20)6-2;/h19H,5-18,20H2,1-4H3;1H/q+1;/p-1. The van der Waals surface area contributed by atoms with Gasteiger partial charge in [0.25, 0.3) is 0 Å². The summed E-state index contributed by atoms with van der Waals surface area (Å²) in [6.07, 6.45) is 18.4. The second kappa shape index (κ2) is 16.1. The molecule has 22 heavy (non-hydrogen) atoms. The number of quaternary nitrogens is 1. The van der Waals surface area contributed by atoms with Crippen molar-refractivity contribution in [1.82, 2.24) is 0 Å². The fourth-order valence-electron chi connectivity index (χ4n) is 3.02. The molecular weight excluding hydrogens is 292 g/mol. The van der Waals surface area contributed by atoms with Crippen LogP contribution in [0.3, 0.4) is 0 Å². The predicted octanol–water partition coefficient (Wildman–Crippen LogP) is 2.46. The molecule has 2 nitrogen and oxygen atoms in total. The van der Waals surface area contributed by atoms with Crippen LogP contribution in [0.4, 0.5) is 0 Å². The van der Waals surface area contributed by atoms with E-state index in [1.165, 1.54) is 83.6 Å². The minimum atomic E-state index is 0. The second-order valence-corrected chi connectivity index (χ2v) is 7.37. The highest BCUT2D eigenvalue weighted by Crippen LogP contribution is 2.13. The van der Waals surface area contributed by atoms with Gasteiger partial charge in [0, 0.05) is 6.42 Å². The van der Waals surface area contributed by atoms with Crippen LogP contribution in [0.15, 0.2) is 0 Å². The predicted molar refractivity (Wildman–Crippen MR) is 96.3 cm³/mol. The SMILES string of the molecule is CCCCCCCCCCCCCC[N+](C)(C)C(N)CC.[Cl-]. The molecule has 1 atom stereocenters. The van der Waals surface area contributed by atoms with Crippen molar-refractivity contribution in [3.05, 3.63) is 0 Å². The maximum absolute atomic E-state index is 6.16. The maximum Gasteiger partial charge on any atom is 0.139 e. The summed E-state index contributed by atoms with van der Waals surface area (Å²) in [5.41, 5.74) is 6.16. The van der Waals surface area contributed by atoms with Gasteiger partial charge in [0.05, 0.1) is 20.6 Å². The highest BCUT2D eigenvalue weighted by atomic mass is 35.5. The number of hydrogen-bond acceptors (Lipinski definition) is 1. The van der Waals surface area contributed by atoms with Gasteiger partial charge in [-0.2, -0.15) is 0 Å². The van der Waals surface area contributed by atoms with Gasteiger partial charge >= 0.3 is 0 Å². The van der Waals surface area contributed by atoms with Crippen LogP contribution in [0, 0.1) is 0 Å². The molecule has 0 amide bonds. The Morgan fingerprint density at radius 1 is 0.682 bits per heavy atom. The molecule has 0 fully saturated rings. The number of rotatable bonds is 15. The first-order valence-electron chi connectivity index (χ1n) is 9.62. The second-order valence-electron chi connectivity index (χ2n) is 7.37. The molecule has 0 aromatic carbocycles. The Kier molecular flexibility index (Phi) is 17.9. The lowest BCUT2D eigenvalue weighted by Gasteiger charge is -2.35. The zero-order valence-corrected chi connectivity index (χ0v) is 16.6. The Hall–Kier alpha value is 0.210. The molecule has 0 rings (SSSR count). The molecule has 136 valence electrons. The summed E-state index contributed by atoms with van der Waals surface area (Å²) in [5.74, 6) is 0. The third-order valence-electron chi connectivity index (χ3n) is 4.90. The molecule has 0 heterocycles. The lowest BCUT2D eigenvalue weighted by atomic mass is 10.1. The van der Waals surface area contributed by atoms with E-state index in [9.17, 15) is 0 Å². The van der Waals surface area contributed by atoms with Gasteiger partial charge in [-0.15, -0.1) is 0 Å². The molecule has 2 N–H and O–H groups in total. The molecule has 0 saturated carbocycles. The van der Waals surface area contributed by atoms with Gasteiger partial charge in [-0.05, 0) is 12.8 Å². The smallest absolute Gasteiger partial charge is 0.139 e. The Morgan fingerprint density at radius 2 is 1.05 bits per heavy atom. The minimum Gasteiger partial charge on any atom is -1.00 e. The fourth-order valence-corrected chi connectivity index (χ4v) is 3.02. The molecular formula is C19H43ClN2. The molecule has 3 heteroatoms. The molecule has 0 aliphatic rings. The summed E-state index contributed by atoms with van der Waals surface area (Å²) in [5, 5.41) is 0. The molecule has 0 bridgehead atoms. The zero-order chi connectivity index (χ0) is 16.0. The largest absolute Gasteiger partial charge is 1.00 e. The Morgan fingerprint density at radius 3 is 1.41 bits per heavy atom. The average Bonchev–Trinajstić information content (AvgIpc) is 2.47. The molecule has 0 aliphatic carbocycles. The molecule has 0 aromatic rings. The molecule has 0 radical (unpaired) electrons. The van der Waals surface area contributed by atoms with Crippen LogP contribution in [0.25, 0.3) is 0 Å². The maximum atomic E-state index is 6.16. The number of hydrogen-bond donors (Lipinski definition) is 1. The van der Waals surface area contributed by atoms with Crippen molar-refractivity contribution in [3.8, 4) is 0 Å². The van der Waals surface area contributed by atoms with Crippen LogP contribution in [-0.4, -0.2) is 31.3 Å². The topological polar surface area (TPSA) is 26.0 Å². The lowest BCUT2D eigenvalue weighted by molar-refractivity contribution is -0.915. The number of nitrogens with zero attached hydrogens (tertiary/aromatic N) is 1. The van der Waals surface area contributed by atoms with Crippen molar-refractivity contribution in [2.45, 2.75) is 103 Å².